The van der Waals surface area contributed by atoms with Gasteiger partial charge in [0.15, 0.2) is 6.29 Å². The van der Waals surface area contributed by atoms with E-state index in [1.807, 2.05) is 27.0 Å². The summed E-state index contributed by atoms with van der Waals surface area (Å²) >= 11 is 0. The van der Waals surface area contributed by atoms with Crippen molar-refractivity contribution in [1.29, 1.82) is 0 Å². The fourth-order valence-electron chi connectivity index (χ4n) is 1.41. The van der Waals surface area contributed by atoms with Gasteiger partial charge in [0, 0.05) is 11.6 Å². The summed E-state index contributed by atoms with van der Waals surface area (Å²) in [5.41, 5.74) is 2.08. The van der Waals surface area contributed by atoms with Crippen LogP contribution in [-0.2, 0) is 0 Å². The highest BCUT2D eigenvalue weighted by atomic mass is 16.3. The molecule has 0 heterocycles. The molecule has 0 unspecified atom stereocenters. The van der Waals surface area contributed by atoms with E-state index < -0.39 is 0 Å². The molecule has 1 atom stereocenters. The fourth-order valence-corrected chi connectivity index (χ4v) is 1.41. The number of hydrogen-bond acceptors (Lipinski definition) is 3. The van der Waals surface area contributed by atoms with Crippen LogP contribution >= 0.6 is 0 Å². The number of rotatable bonds is 3. The van der Waals surface area contributed by atoms with Gasteiger partial charge in [0.2, 0.25) is 0 Å². The highest BCUT2D eigenvalue weighted by Crippen LogP contribution is 2.28. The van der Waals surface area contributed by atoms with Crippen molar-refractivity contribution in [2.45, 2.75) is 19.9 Å². The monoisotopic (exact) mass is 193 g/mol. The van der Waals surface area contributed by atoms with E-state index in [1.165, 1.54) is 0 Å². The molecule has 1 aromatic carbocycles. The van der Waals surface area contributed by atoms with Gasteiger partial charge in [-0.3, -0.25) is 4.79 Å². The normalized spacial score (nSPS) is 12.5. The molecule has 0 saturated heterocycles. The predicted molar refractivity (Wildman–Crippen MR) is 55.7 cm³/mol. The first-order valence-electron chi connectivity index (χ1n) is 4.56. The molecule has 0 radical (unpaired) electrons. The number of aryl methyl sites for hydroxylation is 1. The van der Waals surface area contributed by atoms with E-state index in [0.717, 1.165) is 11.1 Å². The highest BCUT2D eigenvalue weighted by Gasteiger charge is 2.12. The molecule has 0 aliphatic carbocycles. The van der Waals surface area contributed by atoms with Gasteiger partial charge in [-0.15, -0.1) is 0 Å². The minimum absolute atomic E-state index is 0.0357. The molecule has 1 aromatic rings. The first-order valence-corrected chi connectivity index (χ1v) is 4.56. The Morgan fingerprint density at radius 3 is 2.64 bits per heavy atom. The minimum atomic E-state index is 0.0357. The summed E-state index contributed by atoms with van der Waals surface area (Å²) < 4.78 is 0. The van der Waals surface area contributed by atoms with Crippen molar-refractivity contribution >= 4 is 6.29 Å². The molecule has 0 aliphatic heterocycles. The Balaban J connectivity index is 3.28. The van der Waals surface area contributed by atoms with Crippen molar-refractivity contribution in [3.8, 4) is 5.75 Å². The molecule has 0 bridgehead atoms. The van der Waals surface area contributed by atoms with Gasteiger partial charge in [0.05, 0.1) is 5.56 Å². The topological polar surface area (TPSA) is 49.3 Å². The van der Waals surface area contributed by atoms with Crippen LogP contribution in [-0.4, -0.2) is 18.4 Å². The van der Waals surface area contributed by atoms with Gasteiger partial charge in [-0.2, -0.15) is 0 Å². The third-order valence-electron chi connectivity index (χ3n) is 2.34. The average Bonchev–Trinajstić information content (AvgIpc) is 2.19. The second-order valence-corrected chi connectivity index (χ2v) is 3.42. The third-order valence-corrected chi connectivity index (χ3v) is 2.34. The predicted octanol–water partition coefficient (Wildman–Crippen LogP) is 1.79. The molecule has 0 aliphatic rings. The van der Waals surface area contributed by atoms with Crippen LogP contribution in [0.2, 0.25) is 0 Å². The van der Waals surface area contributed by atoms with Crippen LogP contribution in [0.25, 0.3) is 0 Å². The first kappa shape index (κ1) is 10.7. The SMILES string of the molecule is CN[C@@H](C)c1cc(C)cc(C=O)c1O. The minimum Gasteiger partial charge on any atom is -0.507 e. The zero-order valence-electron chi connectivity index (χ0n) is 8.66. The molecule has 2 N–H and O–H groups in total. The van der Waals surface area contributed by atoms with Gasteiger partial charge in [-0.1, -0.05) is 6.07 Å². The third kappa shape index (κ3) is 1.93. The number of carbonyl (C=O) groups is 1. The molecule has 0 amide bonds. The van der Waals surface area contributed by atoms with Crippen LogP contribution in [0.1, 0.15) is 34.5 Å². The van der Waals surface area contributed by atoms with Gasteiger partial charge >= 0.3 is 0 Å². The molecule has 0 fully saturated rings. The van der Waals surface area contributed by atoms with Crippen molar-refractivity contribution in [3.63, 3.8) is 0 Å². The lowest BCUT2D eigenvalue weighted by Gasteiger charge is -2.14. The van der Waals surface area contributed by atoms with E-state index in [0.29, 0.717) is 11.8 Å². The number of phenolic OH excluding ortho intramolecular Hbond substituents is 1. The number of nitrogens with one attached hydrogen (secondary N) is 1. The second-order valence-electron chi connectivity index (χ2n) is 3.42. The van der Waals surface area contributed by atoms with Crippen molar-refractivity contribution in [3.05, 3.63) is 28.8 Å². The number of aldehydes is 1. The Hall–Kier alpha value is -1.35. The largest absolute Gasteiger partial charge is 0.507 e. The lowest BCUT2D eigenvalue weighted by molar-refractivity contribution is 0.112. The molecule has 0 aromatic heterocycles. The molecule has 3 heteroatoms. The van der Waals surface area contributed by atoms with Crippen molar-refractivity contribution < 1.29 is 9.90 Å². The van der Waals surface area contributed by atoms with Crippen LogP contribution in [0.5, 0.6) is 5.75 Å². The Morgan fingerprint density at radius 2 is 2.14 bits per heavy atom. The standard InChI is InChI=1S/C11H15NO2/c1-7-4-9(6-13)11(14)10(5-7)8(2)12-3/h4-6,8,12,14H,1-3H3/t8-/m0/s1. The van der Waals surface area contributed by atoms with Crippen LogP contribution in [0.3, 0.4) is 0 Å². The van der Waals surface area contributed by atoms with E-state index in [4.69, 9.17) is 0 Å². The van der Waals surface area contributed by atoms with E-state index in [-0.39, 0.29) is 11.8 Å². The second kappa shape index (κ2) is 4.24. The molecular formula is C11H15NO2. The smallest absolute Gasteiger partial charge is 0.153 e. The van der Waals surface area contributed by atoms with Gasteiger partial charge < -0.3 is 10.4 Å². The zero-order chi connectivity index (χ0) is 10.7. The molecule has 0 spiro atoms. The van der Waals surface area contributed by atoms with E-state index >= 15 is 0 Å². The highest BCUT2D eigenvalue weighted by molar-refractivity contribution is 5.80. The maximum atomic E-state index is 10.7. The molecular weight excluding hydrogens is 178 g/mol. The number of aromatic hydroxyl groups is 1. The fraction of sp³-hybridized carbons (Fsp3) is 0.364. The summed E-state index contributed by atoms with van der Waals surface area (Å²) in [6, 6.07) is 3.59. The quantitative estimate of drug-likeness (QED) is 0.719. The molecule has 76 valence electrons. The Labute approximate surface area is 83.8 Å². The molecule has 1 rings (SSSR count). The molecule has 14 heavy (non-hydrogen) atoms. The summed E-state index contributed by atoms with van der Waals surface area (Å²) in [5.74, 6) is 0.0763. The number of carbonyl (C=O) groups excluding carboxylic acids is 1. The Morgan fingerprint density at radius 1 is 1.50 bits per heavy atom. The van der Waals surface area contributed by atoms with Crippen molar-refractivity contribution in [1.82, 2.24) is 5.32 Å². The van der Waals surface area contributed by atoms with Gasteiger partial charge in [0.1, 0.15) is 5.75 Å². The Kier molecular flexibility index (Phi) is 3.25. The van der Waals surface area contributed by atoms with Crippen molar-refractivity contribution in [2.24, 2.45) is 0 Å². The van der Waals surface area contributed by atoms with Crippen molar-refractivity contribution in [2.75, 3.05) is 7.05 Å². The number of phenols is 1. The summed E-state index contributed by atoms with van der Waals surface area (Å²) in [7, 11) is 1.81. The van der Waals surface area contributed by atoms with E-state index in [2.05, 4.69) is 5.32 Å². The molecule has 3 nitrogen and oxygen atoms in total. The maximum Gasteiger partial charge on any atom is 0.153 e. The van der Waals surface area contributed by atoms with Crippen LogP contribution < -0.4 is 5.32 Å². The summed E-state index contributed by atoms with van der Waals surface area (Å²) in [5, 5.41) is 12.8. The molecule has 0 saturated carbocycles. The van der Waals surface area contributed by atoms with Gasteiger partial charge in [0.25, 0.3) is 0 Å². The van der Waals surface area contributed by atoms with E-state index in [9.17, 15) is 9.90 Å². The van der Waals surface area contributed by atoms with Crippen LogP contribution in [0.15, 0.2) is 12.1 Å². The summed E-state index contributed by atoms with van der Waals surface area (Å²) in [4.78, 5) is 10.7. The van der Waals surface area contributed by atoms with E-state index in [1.54, 1.807) is 6.07 Å². The summed E-state index contributed by atoms with van der Waals surface area (Å²) in [6.07, 6.45) is 0.675. The zero-order valence-corrected chi connectivity index (χ0v) is 8.66. The maximum absolute atomic E-state index is 10.7. The first-order chi connectivity index (χ1) is 6.60. The lowest BCUT2D eigenvalue weighted by Crippen LogP contribution is -2.13. The van der Waals surface area contributed by atoms with Crippen LogP contribution in [0.4, 0.5) is 0 Å². The summed E-state index contributed by atoms with van der Waals surface area (Å²) in [6.45, 7) is 3.83. The Bertz CT molecular complexity index is 347. The number of hydrogen-bond donors (Lipinski definition) is 2. The van der Waals surface area contributed by atoms with Crippen LogP contribution in [0, 0.1) is 6.92 Å². The average molecular weight is 193 g/mol. The lowest BCUT2D eigenvalue weighted by atomic mass is 10.0. The number of benzene rings is 1. The van der Waals surface area contributed by atoms with Gasteiger partial charge in [-0.25, -0.2) is 0 Å². The van der Waals surface area contributed by atoms with Gasteiger partial charge in [-0.05, 0) is 32.5 Å².